The van der Waals surface area contributed by atoms with E-state index in [4.69, 9.17) is 4.74 Å². The highest BCUT2D eigenvalue weighted by molar-refractivity contribution is 8.93. The van der Waals surface area contributed by atoms with Gasteiger partial charge in [-0.05, 0) is 56.8 Å². The first-order valence-corrected chi connectivity index (χ1v) is 8.03. The van der Waals surface area contributed by atoms with E-state index in [2.05, 4.69) is 18.0 Å². The average Bonchev–Trinajstić information content (AvgIpc) is 2.83. The van der Waals surface area contributed by atoms with Crippen molar-refractivity contribution in [2.24, 2.45) is 5.92 Å². The number of hydrogen-bond donors (Lipinski definition) is 2. The lowest BCUT2D eigenvalue weighted by Crippen LogP contribution is -2.66. The van der Waals surface area contributed by atoms with Gasteiger partial charge in [-0.1, -0.05) is 6.07 Å². The van der Waals surface area contributed by atoms with E-state index in [9.17, 15) is 10.2 Å². The molecule has 2 bridgehead atoms. The molecule has 0 radical (unpaired) electrons. The van der Waals surface area contributed by atoms with Crippen LogP contribution in [0.15, 0.2) is 12.1 Å². The van der Waals surface area contributed by atoms with Crippen LogP contribution < -0.4 is 4.74 Å². The highest BCUT2D eigenvalue weighted by Crippen LogP contribution is 2.63. The molecule has 2 aliphatic carbocycles. The van der Waals surface area contributed by atoms with Crippen LogP contribution in [0, 0.1) is 5.92 Å². The number of phenols is 1. The average molecular weight is 368 g/mol. The minimum absolute atomic E-state index is 0. The fourth-order valence-corrected chi connectivity index (χ4v) is 5.71. The third-order valence-electron chi connectivity index (χ3n) is 6.56. The summed E-state index contributed by atoms with van der Waals surface area (Å²) in [5.74, 6) is 1.44. The Hall–Kier alpha value is -0.780. The monoisotopic (exact) mass is 367 g/mol. The van der Waals surface area contributed by atoms with Gasteiger partial charge in [0.05, 0.1) is 6.10 Å². The van der Waals surface area contributed by atoms with E-state index in [1.807, 2.05) is 0 Å². The van der Waals surface area contributed by atoms with E-state index < -0.39 is 6.10 Å². The molecule has 1 spiro atoms. The second-order valence-electron chi connectivity index (χ2n) is 7.28. The molecular formula is C17H22BrNO3. The highest BCUT2D eigenvalue weighted by atomic mass is 79.9. The summed E-state index contributed by atoms with van der Waals surface area (Å²) in [5.41, 5.74) is 2.46. The number of benzene rings is 1. The van der Waals surface area contributed by atoms with Crippen molar-refractivity contribution in [2.45, 2.75) is 49.3 Å². The number of aliphatic hydroxyl groups is 1. The van der Waals surface area contributed by atoms with Crippen LogP contribution in [-0.4, -0.2) is 47.0 Å². The van der Waals surface area contributed by atoms with Crippen molar-refractivity contribution in [3.05, 3.63) is 23.3 Å². The molecule has 2 fully saturated rings. The first-order chi connectivity index (χ1) is 10.1. The minimum atomic E-state index is -0.414. The zero-order valence-corrected chi connectivity index (χ0v) is 14.4. The molecular weight excluding hydrogens is 346 g/mol. The maximum atomic E-state index is 10.5. The van der Waals surface area contributed by atoms with Crippen LogP contribution in [0.1, 0.15) is 30.4 Å². The Bertz CT molecular complexity index is 637. The molecule has 120 valence electrons. The molecule has 4 aliphatic rings. The molecule has 0 unspecified atom stereocenters. The van der Waals surface area contributed by atoms with Gasteiger partial charge in [0.15, 0.2) is 11.5 Å². The first kappa shape index (κ1) is 14.8. The molecule has 1 saturated heterocycles. The standard InChI is InChI=1S/C17H21NO3.BrH/c1-18-7-6-17-10-3-5-13(20)16(17)21-15-12(19)4-2-9(14(15)17)8-11(10)18;/h2,4,10-11,13,16,19-20H,3,5-8H2,1H3;1H/t10-,11+,13-,16-,17-;/m0./s1. The van der Waals surface area contributed by atoms with Crippen molar-refractivity contribution >= 4 is 17.0 Å². The highest BCUT2D eigenvalue weighted by Gasteiger charge is 2.65. The number of likely N-dealkylation sites (N-methyl/N-ethyl adjacent to an activating group) is 1. The molecule has 0 aromatic heterocycles. The third-order valence-corrected chi connectivity index (χ3v) is 6.56. The van der Waals surface area contributed by atoms with Crippen LogP contribution >= 0.6 is 17.0 Å². The third kappa shape index (κ3) is 1.50. The van der Waals surface area contributed by atoms with Crippen molar-refractivity contribution < 1.29 is 14.9 Å². The van der Waals surface area contributed by atoms with E-state index in [0.29, 0.717) is 17.7 Å². The number of halogens is 1. The summed E-state index contributed by atoms with van der Waals surface area (Å²) in [6, 6.07) is 4.36. The number of hydrogen-bond acceptors (Lipinski definition) is 4. The Kier molecular flexibility index (Phi) is 3.10. The Morgan fingerprint density at radius 2 is 2.14 bits per heavy atom. The molecule has 5 heteroatoms. The van der Waals surface area contributed by atoms with Crippen LogP contribution in [0.3, 0.4) is 0 Å². The topological polar surface area (TPSA) is 52.9 Å². The smallest absolute Gasteiger partial charge is 0.165 e. The van der Waals surface area contributed by atoms with Gasteiger partial charge >= 0.3 is 0 Å². The molecule has 1 aromatic carbocycles. The number of aromatic hydroxyl groups is 1. The number of phenolic OH excluding ortho intramolecular Hbond substituents is 1. The molecule has 22 heavy (non-hydrogen) atoms. The van der Waals surface area contributed by atoms with E-state index in [1.165, 1.54) is 11.1 Å². The summed E-state index contributed by atoms with van der Waals surface area (Å²) in [4.78, 5) is 2.48. The minimum Gasteiger partial charge on any atom is -0.504 e. The Morgan fingerprint density at radius 1 is 1.32 bits per heavy atom. The predicted molar refractivity (Wildman–Crippen MR) is 88.0 cm³/mol. The van der Waals surface area contributed by atoms with Crippen molar-refractivity contribution in [1.82, 2.24) is 4.90 Å². The summed E-state index contributed by atoms with van der Waals surface area (Å²) >= 11 is 0. The molecule has 5 atom stereocenters. The number of ether oxygens (including phenoxy) is 1. The zero-order chi connectivity index (χ0) is 14.4. The van der Waals surface area contributed by atoms with Crippen LogP contribution in [0.4, 0.5) is 0 Å². The quantitative estimate of drug-likeness (QED) is 0.736. The lowest BCUT2D eigenvalue weighted by molar-refractivity contribution is -0.0993. The maximum absolute atomic E-state index is 10.5. The molecule has 2 aliphatic heterocycles. The lowest BCUT2D eigenvalue weighted by atomic mass is 9.51. The number of rotatable bonds is 0. The Balaban J connectivity index is 0.00000125. The predicted octanol–water partition coefficient (Wildman–Crippen LogP) is 2.00. The van der Waals surface area contributed by atoms with Crippen molar-refractivity contribution in [2.75, 3.05) is 13.6 Å². The molecule has 0 amide bonds. The van der Waals surface area contributed by atoms with Crippen LogP contribution in [0.25, 0.3) is 0 Å². The first-order valence-electron chi connectivity index (χ1n) is 8.03. The summed E-state index contributed by atoms with van der Waals surface area (Å²) in [6.07, 6.45) is 3.35. The summed E-state index contributed by atoms with van der Waals surface area (Å²) in [7, 11) is 2.22. The number of aliphatic hydroxyl groups excluding tert-OH is 1. The lowest BCUT2D eigenvalue weighted by Gasteiger charge is -2.58. The largest absolute Gasteiger partial charge is 0.504 e. The summed E-state index contributed by atoms with van der Waals surface area (Å²) < 4.78 is 6.14. The summed E-state index contributed by atoms with van der Waals surface area (Å²) in [6.45, 7) is 1.04. The Labute approximate surface area is 140 Å². The summed E-state index contributed by atoms with van der Waals surface area (Å²) in [5, 5.41) is 20.8. The molecule has 2 N–H and O–H groups in total. The van der Waals surface area contributed by atoms with Crippen LogP contribution in [-0.2, 0) is 11.8 Å². The van der Waals surface area contributed by atoms with Gasteiger partial charge in [0.2, 0.25) is 0 Å². The normalized spacial score (nSPS) is 41.4. The molecule has 4 nitrogen and oxygen atoms in total. The van der Waals surface area contributed by atoms with Gasteiger partial charge in [0.25, 0.3) is 0 Å². The van der Waals surface area contributed by atoms with Gasteiger partial charge in [-0.15, -0.1) is 17.0 Å². The van der Waals surface area contributed by atoms with Crippen LogP contribution in [0.5, 0.6) is 11.5 Å². The molecule has 1 saturated carbocycles. The molecule has 5 rings (SSSR count). The SMILES string of the molecule is Br.CN1CC[C@]23c4c5ccc(O)c4O[C@H]2[C@@H](O)CC[C@H]3[C@H]1C5. The van der Waals surface area contributed by atoms with Crippen molar-refractivity contribution in [3.63, 3.8) is 0 Å². The Morgan fingerprint density at radius 3 is 2.95 bits per heavy atom. The number of likely N-dealkylation sites (tertiary alicyclic amines) is 1. The number of piperidine rings is 1. The zero-order valence-electron chi connectivity index (χ0n) is 12.7. The molecule has 1 aromatic rings. The molecule has 2 heterocycles. The van der Waals surface area contributed by atoms with Gasteiger partial charge in [-0.2, -0.15) is 0 Å². The van der Waals surface area contributed by atoms with E-state index in [1.54, 1.807) is 6.07 Å². The fraction of sp³-hybridized carbons (Fsp3) is 0.647. The van der Waals surface area contributed by atoms with E-state index in [0.717, 1.165) is 32.2 Å². The van der Waals surface area contributed by atoms with Gasteiger partial charge in [0.1, 0.15) is 6.10 Å². The van der Waals surface area contributed by atoms with Crippen molar-refractivity contribution in [3.8, 4) is 11.5 Å². The van der Waals surface area contributed by atoms with Crippen molar-refractivity contribution in [1.29, 1.82) is 0 Å². The van der Waals surface area contributed by atoms with E-state index >= 15 is 0 Å². The fourth-order valence-electron chi connectivity index (χ4n) is 5.71. The van der Waals surface area contributed by atoms with Gasteiger partial charge in [-0.3, -0.25) is 0 Å². The van der Waals surface area contributed by atoms with Gasteiger partial charge in [-0.25, -0.2) is 0 Å². The van der Waals surface area contributed by atoms with Gasteiger partial charge in [0, 0.05) is 17.0 Å². The van der Waals surface area contributed by atoms with Crippen LogP contribution in [0.2, 0.25) is 0 Å². The number of nitrogens with zero attached hydrogens (tertiary/aromatic N) is 1. The van der Waals surface area contributed by atoms with Gasteiger partial charge < -0.3 is 19.8 Å². The maximum Gasteiger partial charge on any atom is 0.165 e. The van der Waals surface area contributed by atoms with E-state index in [-0.39, 0.29) is 34.2 Å². The second kappa shape index (κ2) is 4.62. The second-order valence-corrected chi connectivity index (χ2v) is 7.28.